The summed E-state index contributed by atoms with van der Waals surface area (Å²) in [7, 11) is 0. The minimum Gasteiger partial charge on any atom is -0.465 e. The highest BCUT2D eigenvalue weighted by molar-refractivity contribution is 7.14. The molecule has 3 amide bonds. The smallest absolute Gasteiger partial charge is 0.408 e. The molecule has 1 saturated heterocycles. The third-order valence-electron chi connectivity index (χ3n) is 4.89. The second-order valence-electron chi connectivity index (χ2n) is 7.23. The quantitative estimate of drug-likeness (QED) is 0.654. The van der Waals surface area contributed by atoms with E-state index in [1.165, 1.54) is 11.3 Å². The van der Waals surface area contributed by atoms with Crippen LogP contribution in [0.4, 0.5) is 9.93 Å². The zero-order valence-corrected chi connectivity index (χ0v) is 16.4. The molecule has 1 aromatic heterocycles. The van der Waals surface area contributed by atoms with Crippen molar-refractivity contribution in [2.24, 2.45) is 0 Å². The number of benzene rings is 1. The molecule has 1 aliphatic heterocycles. The Morgan fingerprint density at radius 3 is 2.59 bits per heavy atom. The number of carbonyl (C=O) groups is 3. The molecule has 3 N–H and O–H groups in total. The summed E-state index contributed by atoms with van der Waals surface area (Å²) < 4.78 is 0. The van der Waals surface area contributed by atoms with Gasteiger partial charge in [0.05, 0.1) is 5.69 Å². The molecular weight excluding hydrogens is 392 g/mol. The van der Waals surface area contributed by atoms with E-state index in [2.05, 4.69) is 22.2 Å². The Balaban J connectivity index is 1.41. The number of hydrogen-bond donors (Lipinski definition) is 3. The first-order chi connectivity index (χ1) is 13.9. The van der Waals surface area contributed by atoms with Gasteiger partial charge in [-0.1, -0.05) is 24.3 Å². The third-order valence-corrected chi connectivity index (χ3v) is 5.65. The Hall–Kier alpha value is -3.20. The van der Waals surface area contributed by atoms with E-state index in [0.29, 0.717) is 34.4 Å². The van der Waals surface area contributed by atoms with Crippen molar-refractivity contribution < 1.29 is 19.5 Å². The third kappa shape index (κ3) is 4.29. The van der Waals surface area contributed by atoms with Crippen LogP contribution in [0.1, 0.15) is 29.6 Å². The van der Waals surface area contributed by atoms with Crippen LogP contribution in [0, 0.1) is 0 Å². The predicted molar refractivity (Wildman–Crippen MR) is 109 cm³/mol. The number of anilines is 1. The number of thiazole rings is 1. The van der Waals surface area contributed by atoms with Crippen molar-refractivity contribution in [1.82, 2.24) is 15.2 Å². The Labute approximate surface area is 171 Å². The summed E-state index contributed by atoms with van der Waals surface area (Å²) in [5.41, 5.74) is 2.80. The first kappa shape index (κ1) is 19.1. The first-order valence-corrected chi connectivity index (χ1v) is 10.1. The average Bonchev–Trinajstić information content (AvgIpc) is 3.23. The van der Waals surface area contributed by atoms with Gasteiger partial charge in [0.25, 0.3) is 5.91 Å². The monoisotopic (exact) mass is 412 g/mol. The standard InChI is InChI=1S/C20H20N4O4S/c1-11-8-16(24(9-11)20(27)28)18(26)23-19-22-15(10-29-19)12-2-4-13(5-3-12)17(25)21-14-6-7-14/h2-5,10,14,16H,1,6-9H2,(H,21,25)(H,27,28)(H,22,23,26). The van der Waals surface area contributed by atoms with Crippen molar-refractivity contribution in [3.05, 3.63) is 47.4 Å². The molecule has 150 valence electrons. The summed E-state index contributed by atoms with van der Waals surface area (Å²) in [5.74, 6) is -0.495. The van der Waals surface area contributed by atoms with E-state index < -0.39 is 18.0 Å². The lowest BCUT2D eigenvalue weighted by atomic mass is 10.1. The lowest BCUT2D eigenvalue weighted by Gasteiger charge is -2.19. The van der Waals surface area contributed by atoms with Crippen molar-refractivity contribution in [2.75, 3.05) is 11.9 Å². The molecule has 2 aliphatic rings. The van der Waals surface area contributed by atoms with Gasteiger partial charge in [0.1, 0.15) is 6.04 Å². The van der Waals surface area contributed by atoms with Crippen molar-refractivity contribution in [1.29, 1.82) is 0 Å². The largest absolute Gasteiger partial charge is 0.465 e. The Kier molecular flexibility index (Phi) is 5.06. The second-order valence-corrected chi connectivity index (χ2v) is 8.09. The summed E-state index contributed by atoms with van der Waals surface area (Å²) in [4.78, 5) is 41.4. The zero-order chi connectivity index (χ0) is 20.5. The van der Waals surface area contributed by atoms with Gasteiger partial charge < -0.3 is 15.7 Å². The van der Waals surface area contributed by atoms with Crippen molar-refractivity contribution in [3.8, 4) is 11.3 Å². The van der Waals surface area contributed by atoms with E-state index >= 15 is 0 Å². The normalized spacial score (nSPS) is 18.6. The summed E-state index contributed by atoms with van der Waals surface area (Å²) in [6, 6.07) is 6.64. The van der Waals surface area contributed by atoms with E-state index in [9.17, 15) is 19.5 Å². The van der Waals surface area contributed by atoms with E-state index in [0.717, 1.165) is 23.3 Å². The number of aromatic nitrogens is 1. The Morgan fingerprint density at radius 1 is 1.21 bits per heavy atom. The van der Waals surface area contributed by atoms with Crippen LogP contribution in [0.15, 0.2) is 41.8 Å². The molecule has 1 aliphatic carbocycles. The van der Waals surface area contributed by atoms with Crippen LogP contribution in [0.3, 0.4) is 0 Å². The number of carbonyl (C=O) groups excluding carboxylic acids is 2. The molecule has 2 heterocycles. The number of carboxylic acid groups (broad SMARTS) is 1. The SMILES string of the molecule is C=C1CC(C(=O)Nc2nc(-c3ccc(C(=O)NC4CC4)cc3)cs2)N(C(=O)O)C1. The minimum atomic E-state index is -1.14. The van der Waals surface area contributed by atoms with E-state index in [1.807, 2.05) is 12.1 Å². The van der Waals surface area contributed by atoms with Gasteiger partial charge in [-0.15, -0.1) is 11.3 Å². The molecule has 8 nitrogen and oxygen atoms in total. The lowest BCUT2D eigenvalue weighted by molar-refractivity contribution is -0.119. The molecule has 1 atom stereocenters. The molecule has 1 aromatic carbocycles. The molecule has 4 rings (SSSR count). The molecule has 9 heteroatoms. The van der Waals surface area contributed by atoms with Crippen molar-refractivity contribution in [3.63, 3.8) is 0 Å². The predicted octanol–water partition coefficient (Wildman–Crippen LogP) is 2.95. The van der Waals surface area contributed by atoms with Crippen LogP contribution in [0.2, 0.25) is 0 Å². The van der Waals surface area contributed by atoms with Crippen molar-refractivity contribution >= 4 is 34.4 Å². The molecule has 2 aromatic rings. The maximum Gasteiger partial charge on any atom is 0.408 e. The number of nitrogens with one attached hydrogen (secondary N) is 2. The second kappa shape index (κ2) is 7.67. The first-order valence-electron chi connectivity index (χ1n) is 9.24. The van der Waals surface area contributed by atoms with E-state index in [1.54, 1.807) is 17.5 Å². The number of hydrogen-bond acceptors (Lipinski definition) is 5. The molecule has 0 spiro atoms. The van der Waals surface area contributed by atoms with Gasteiger partial charge in [-0.3, -0.25) is 14.5 Å². The van der Waals surface area contributed by atoms with Crippen LogP contribution in [0.25, 0.3) is 11.3 Å². The Bertz CT molecular complexity index is 981. The van der Waals surface area contributed by atoms with Crippen LogP contribution in [0.5, 0.6) is 0 Å². The molecule has 0 bridgehead atoms. The summed E-state index contributed by atoms with van der Waals surface area (Å²) in [6.45, 7) is 3.95. The van der Waals surface area contributed by atoms with Gasteiger partial charge in [-0.25, -0.2) is 9.78 Å². The summed E-state index contributed by atoms with van der Waals surface area (Å²) >= 11 is 1.26. The van der Waals surface area contributed by atoms with E-state index in [4.69, 9.17) is 0 Å². The maximum absolute atomic E-state index is 12.5. The van der Waals surface area contributed by atoms with Gasteiger partial charge in [0, 0.05) is 29.1 Å². The van der Waals surface area contributed by atoms with Crippen molar-refractivity contribution in [2.45, 2.75) is 31.3 Å². The maximum atomic E-state index is 12.5. The topological polar surface area (TPSA) is 112 Å². The number of amides is 3. The highest BCUT2D eigenvalue weighted by Gasteiger charge is 2.36. The van der Waals surface area contributed by atoms with Crippen LogP contribution in [-0.2, 0) is 4.79 Å². The van der Waals surface area contributed by atoms with E-state index in [-0.39, 0.29) is 12.5 Å². The molecule has 2 fully saturated rings. The van der Waals surface area contributed by atoms with Gasteiger partial charge in [0.2, 0.25) is 5.91 Å². The van der Waals surface area contributed by atoms with Gasteiger partial charge in [-0.2, -0.15) is 0 Å². The average molecular weight is 412 g/mol. The number of nitrogens with zero attached hydrogens (tertiary/aromatic N) is 2. The van der Waals surface area contributed by atoms with Crippen LogP contribution in [-0.4, -0.2) is 51.5 Å². The zero-order valence-electron chi connectivity index (χ0n) is 15.6. The summed E-state index contributed by atoms with van der Waals surface area (Å²) in [5, 5.41) is 17.1. The highest BCUT2D eigenvalue weighted by atomic mass is 32.1. The lowest BCUT2D eigenvalue weighted by Crippen LogP contribution is -2.42. The fourth-order valence-electron chi connectivity index (χ4n) is 3.18. The van der Waals surface area contributed by atoms with Gasteiger partial charge in [0.15, 0.2) is 5.13 Å². The summed E-state index contributed by atoms with van der Waals surface area (Å²) in [6.07, 6.45) is 1.24. The van der Waals surface area contributed by atoms with Gasteiger partial charge >= 0.3 is 6.09 Å². The molecule has 1 unspecified atom stereocenters. The fraction of sp³-hybridized carbons (Fsp3) is 0.300. The molecule has 29 heavy (non-hydrogen) atoms. The van der Waals surface area contributed by atoms with Crippen LogP contribution < -0.4 is 10.6 Å². The molecular formula is C20H20N4O4S. The Morgan fingerprint density at radius 2 is 1.93 bits per heavy atom. The highest BCUT2D eigenvalue weighted by Crippen LogP contribution is 2.27. The molecule has 0 radical (unpaired) electrons. The molecule has 1 saturated carbocycles. The fourth-order valence-corrected chi connectivity index (χ4v) is 3.90. The van der Waals surface area contributed by atoms with Gasteiger partial charge in [-0.05, 0) is 31.4 Å². The number of rotatable bonds is 5. The van der Waals surface area contributed by atoms with Crippen LogP contribution >= 0.6 is 11.3 Å². The minimum absolute atomic E-state index is 0.0774. The number of likely N-dealkylation sites (tertiary alicyclic amines) is 1.